The summed E-state index contributed by atoms with van der Waals surface area (Å²) in [5.74, 6) is -2.85. The lowest BCUT2D eigenvalue weighted by Gasteiger charge is -2.36. The SMILES string of the molecule is O=C(C1CCCCC1C(F)(F)F)N1CCC[C@@H]1CO. The predicted octanol–water partition coefficient (Wildman–Crippen LogP) is 2.34. The summed E-state index contributed by atoms with van der Waals surface area (Å²) in [5.41, 5.74) is 0. The number of nitrogens with zero attached hydrogens (tertiary/aromatic N) is 1. The van der Waals surface area contributed by atoms with E-state index in [4.69, 9.17) is 0 Å². The number of rotatable bonds is 2. The third kappa shape index (κ3) is 3.04. The molecule has 3 atom stereocenters. The molecule has 1 amide bonds. The second-order valence-electron chi connectivity index (χ2n) is 5.55. The van der Waals surface area contributed by atoms with Crippen molar-refractivity contribution in [2.75, 3.05) is 13.2 Å². The van der Waals surface area contributed by atoms with E-state index in [2.05, 4.69) is 0 Å². The minimum Gasteiger partial charge on any atom is -0.394 e. The highest BCUT2D eigenvalue weighted by molar-refractivity contribution is 5.80. The molecule has 1 aliphatic heterocycles. The first-order valence-corrected chi connectivity index (χ1v) is 6.93. The lowest BCUT2D eigenvalue weighted by Crippen LogP contribution is -2.47. The minimum absolute atomic E-state index is 0.0531. The van der Waals surface area contributed by atoms with Gasteiger partial charge in [0.2, 0.25) is 5.91 Å². The third-order valence-corrected chi connectivity index (χ3v) is 4.37. The zero-order chi connectivity index (χ0) is 14.0. The molecule has 2 aliphatic rings. The van der Waals surface area contributed by atoms with Crippen molar-refractivity contribution in [2.24, 2.45) is 11.8 Å². The van der Waals surface area contributed by atoms with Gasteiger partial charge in [0, 0.05) is 12.5 Å². The number of aliphatic hydroxyl groups excluding tert-OH is 1. The van der Waals surface area contributed by atoms with Crippen LogP contribution in [0.25, 0.3) is 0 Å². The second kappa shape index (κ2) is 5.69. The van der Waals surface area contributed by atoms with Gasteiger partial charge in [0.05, 0.1) is 18.6 Å². The predicted molar refractivity (Wildman–Crippen MR) is 63.3 cm³/mol. The molecule has 3 nitrogen and oxygen atoms in total. The van der Waals surface area contributed by atoms with Crippen LogP contribution in [-0.2, 0) is 4.79 Å². The van der Waals surface area contributed by atoms with Gasteiger partial charge in [0.15, 0.2) is 0 Å². The summed E-state index contributed by atoms with van der Waals surface area (Å²) in [5, 5.41) is 9.19. The van der Waals surface area contributed by atoms with E-state index >= 15 is 0 Å². The molecule has 0 bridgehead atoms. The lowest BCUT2D eigenvalue weighted by atomic mass is 9.78. The fourth-order valence-electron chi connectivity index (χ4n) is 3.35. The average Bonchev–Trinajstić information content (AvgIpc) is 2.85. The molecule has 0 aromatic heterocycles. The summed E-state index contributed by atoms with van der Waals surface area (Å²) in [7, 11) is 0. The van der Waals surface area contributed by atoms with Crippen LogP contribution in [0.1, 0.15) is 38.5 Å². The quantitative estimate of drug-likeness (QED) is 0.843. The Balaban J connectivity index is 2.11. The van der Waals surface area contributed by atoms with Gasteiger partial charge in [-0.05, 0) is 25.7 Å². The van der Waals surface area contributed by atoms with Gasteiger partial charge in [0.1, 0.15) is 0 Å². The molecule has 1 saturated heterocycles. The normalized spacial score (nSPS) is 32.6. The molecule has 1 heterocycles. The zero-order valence-corrected chi connectivity index (χ0v) is 10.8. The molecule has 2 unspecified atom stereocenters. The van der Waals surface area contributed by atoms with Crippen molar-refractivity contribution < 1.29 is 23.1 Å². The number of hydrogen-bond acceptors (Lipinski definition) is 2. The van der Waals surface area contributed by atoms with Crippen LogP contribution in [0.15, 0.2) is 0 Å². The van der Waals surface area contributed by atoms with Gasteiger partial charge in [0.25, 0.3) is 0 Å². The van der Waals surface area contributed by atoms with Crippen LogP contribution in [0.2, 0.25) is 0 Å². The summed E-state index contributed by atoms with van der Waals surface area (Å²) in [6.45, 7) is 0.320. The largest absolute Gasteiger partial charge is 0.394 e. The number of hydrogen-bond donors (Lipinski definition) is 1. The molecule has 6 heteroatoms. The maximum absolute atomic E-state index is 13.0. The maximum Gasteiger partial charge on any atom is 0.392 e. The van der Waals surface area contributed by atoms with Crippen LogP contribution in [-0.4, -0.2) is 41.3 Å². The summed E-state index contributed by atoms with van der Waals surface area (Å²) in [4.78, 5) is 13.8. The smallest absolute Gasteiger partial charge is 0.392 e. The fraction of sp³-hybridized carbons (Fsp3) is 0.923. The van der Waals surface area contributed by atoms with Crippen LogP contribution in [0, 0.1) is 11.8 Å². The number of amides is 1. The Hall–Kier alpha value is -0.780. The van der Waals surface area contributed by atoms with Gasteiger partial charge in [-0.2, -0.15) is 13.2 Å². The molecule has 2 rings (SSSR count). The molecule has 110 valence electrons. The van der Waals surface area contributed by atoms with Gasteiger partial charge >= 0.3 is 6.18 Å². The Kier molecular flexibility index (Phi) is 4.38. The first-order chi connectivity index (χ1) is 8.95. The summed E-state index contributed by atoms with van der Waals surface area (Å²) in [6, 6.07) is -0.289. The number of likely N-dealkylation sites (tertiary alicyclic amines) is 1. The fourth-order valence-corrected chi connectivity index (χ4v) is 3.35. The number of alkyl halides is 3. The zero-order valence-electron chi connectivity index (χ0n) is 10.8. The van der Waals surface area contributed by atoms with E-state index in [9.17, 15) is 23.1 Å². The van der Waals surface area contributed by atoms with Crippen molar-refractivity contribution >= 4 is 5.91 Å². The van der Waals surface area contributed by atoms with Crippen LogP contribution < -0.4 is 0 Å². The molecule has 0 spiro atoms. The molecule has 2 fully saturated rings. The molecule has 1 N–H and O–H groups in total. The van der Waals surface area contributed by atoms with E-state index in [0.717, 1.165) is 6.42 Å². The molecular weight excluding hydrogens is 259 g/mol. The first kappa shape index (κ1) is 14.6. The topological polar surface area (TPSA) is 40.5 Å². The summed E-state index contributed by atoms with van der Waals surface area (Å²) in [6.07, 6.45) is -1.26. The Morgan fingerprint density at radius 1 is 1.16 bits per heavy atom. The van der Waals surface area contributed by atoms with E-state index in [1.54, 1.807) is 0 Å². The average molecular weight is 279 g/mol. The monoisotopic (exact) mass is 279 g/mol. The first-order valence-electron chi connectivity index (χ1n) is 6.93. The molecule has 0 aromatic rings. The Labute approximate surface area is 110 Å². The number of aliphatic hydroxyl groups is 1. The number of carbonyl (C=O) groups excluding carboxylic acids is 1. The summed E-state index contributed by atoms with van der Waals surface area (Å²) < 4.78 is 39.0. The van der Waals surface area contributed by atoms with E-state index in [0.29, 0.717) is 32.2 Å². The summed E-state index contributed by atoms with van der Waals surface area (Å²) >= 11 is 0. The Morgan fingerprint density at radius 3 is 2.47 bits per heavy atom. The minimum atomic E-state index is -4.30. The molecule has 1 saturated carbocycles. The molecular formula is C13H20F3NO2. The van der Waals surface area contributed by atoms with Crippen LogP contribution >= 0.6 is 0 Å². The molecule has 1 aliphatic carbocycles. The number of halogens is 3. The van der Waals surface area contributed by atoms with Gasteiger partial charge < -0.3 is 10.0 Å². The molecule has 19 heavy (non-hydrogen) atoms. The third-order valence-electron chi connectivity index (χ3n) is 4.37. The lowest BCUT2D eigenvalue weighted by molar-refractivity contribution is -0.201. The van der Waals surface area contributed by atoms with Crippen molar-refractivity contribution in [1.82, 2.24) is 4.90 Å². The van der Waals surface area contributed by atoms with Crippen molar-refractivity contribution in [2.45, 2.75) is 50.7 Å². The van der Waals surface area contributed by atoms with Crippen molar-refractivity contribution in [3.63, 3.8) is 0 Å². The van der Waals surface area contributed by atoms with Gasteiger partial charge in [-0.15, -0.1) is 0 Å². The van der Waals surface area contributed by atoms with Crippen molar-refractivity contribution in [3.8, 4) is 0 Å². The highest BCUT2D eigenvalue weighted by Gasteiger charge is 2.49. The highest BCUT2D eigenvalue weighted by Crippen LogP contribution is 2.42. The highest BCUT2D eigenvalue weighted by atomic mass is 19.4. The Morgan fingerprint density at radius 2 is 1.84 bits per heavy atom. The maximum atomic E-state index is 13.0. The van der Waals surface area contributed by atoms with Gasteiger partial charge in [-0.1, -0.05) is 12.8 Å². The van der Waals surface area contributed by atoms with Crippen molar-refractivity contribution in [1.29, 1.82) is 0 Å². The van der Waals surface area contributed by atoms with E-state index in [1.165, 1.54) is 4.90 Å². The van der Waals surface area contributed by atoms with Gasteiger partial charge in [-0.3, -0.25) is 4.79 Å². The van der Waals surface area contributed by atoms with Gasteiger partial charge in [-0.25, -0.2) is 0 Å². The van der Waals surface area contributed by atoms with E-state index in [1.807, 2.05) is 0 Å². The molecule has 0 radical (unpaired) electrons. The van der Waals surface area contributed by atoms with Crippen LogP contribution in [0.5, 0.6) is 0 Å². The van der Waals surface area contributed by atoms with Crippen molar-refractivity contribution in [3.05, 3.63) is 0 Å². The van der Waals surface area contributed by atoms with Crippen LogP contribution in [0.3, 0.4) is 0 Å². The molecule has 0 aromatic carbocycles. The standard InChI is InChI=1S/C13H20F3NO2/c14-13(15,16)11-6-2-1-5-10(11)12(19)17-7-3-4-9(17)8-18/h9-11,18H,1-8H2/t9-,10?,11?/m1/s1. The second-order valence-corrected chi connectivity index (χ2v) is 5.55. The van der Waals surface area contributed by atoms with E-state index < -0.39 is 23.9 Å². The Bertz CT molecular complexity index is 332. The van der Waals surface area contributed by atoms with Crippen LogP contribution in [0.4, 0.5) is 13.2 Å². The number of carbonyl (C=O) groups is 1. The van der Waals surface area contributed by atoms with E-state index in [-0.39, 0.29) is 19.1 Å².